The Balaban J connectivity index is 2.40. The molecule has 0 saturated heterocycles. The van der Waals surface area contributed by atoms with Crippen LogP contribution in [-0.2, 0) is 18.3 Å². The quantitative estimate of drug-likeness (QED) is 0.794. The number of aryl methyl sites for hydroxylation is 1. The van der Waals surface area contributed by atoms with Crippen LogP contribution in [0.25, 0.3) is 22.2 Å². The van der Waals surface area contributed by atoms with Crippen molar-refractivity contribution in [3.63, 3.8) is 0 Å². The van der Waals surface area contributed by atoms with Crippen molar-refractivity contribution in [1.29, 1.82) is 0 Å². The van der Waals surface area contributed by atoms with Gasteiger partial charge >= 0.3 is 0 Å². The second kappa shape index (κ2) is 6.06. The largest absolute Gasteiger partial charge is 0.383 e. The average molecular weight is 334 g/mol. The van der Waals surface area contributed by atoms with Crippen LogP contribution in [0.5, 0.6) is 0 Å². The molecule has 0 atom stereocenters. The third-order valence-electron chi connectivity index (χ3n) is 3.75. The number of aromatic amines is 1. The van der Waals surface area contributed by atoms with Gasteiger partial charge in [-0.15, -0.1) is 0 Å². The molecule has 0 bridgehead atoms. The number of ether oxygens (including phenoxy) is 1. The normalized spacial score (nSPS) is 11.3. The zero-order valence-corrected chi connectivity index (χ0v) is 13.6. The fourth-order valence-corrected chi connectivity index (χ4v) is 2.79. The minimum Gasteiger partial charge on any atom is -0.383 e. The Kier molecular flexibility index (Phi) is 4.11. The van der Waals surface area contributed by atoms with Gasteiger partial charge in [0.05, 0.1) is 23.2 Å². The van der Waals surface area contributed by atoms with Crippen molar-refractivity contribution in [3.05, 3.63) is 56.1 Å². The number of H-pyrrole nitrogens is 1. The lowest BCUT2D eigenvalue weighted by molar-refractivity contribution is 0.187. The fourth-order valence-electron chi connectivity index (χ4n) is 2.66. The minimum atomic E-state index is -0.193. The van der Waals surface area contributed by atoms with Gasteiger partial charge in [0.15, 0.2) is 0 Å². The number of hydrogen-bond donors (Lipinski definition) is 1. The number of methoxy groups -OCH3 is 1. The molecule has 0 fully saturated rings. The van der Waals surface area contributed by atoms with Crippen molar-refractivity contribution in [2.24, 2.45) is 7.05 Å². The Morgan fingerprint density at radius 2 is 1.91 bits per heavy atom. The summed E-state index contributed by atoms with van der Waals surface area (Å²) >= 11 is 5.95. The number of fused-ring (bicyclic) bond motifs is 1. The van der Waals surface area contributed by atoms with Crippen molar-refractivity contribution in [2.45, 2.75) is 6.54 Å². The Labute approximate surface area is 136 Å². The first-order chi connectivity index (χ1) is 11.0. The summed E-state index contributed by atoms with van der Waals surface area (Å²) in [5, 5.41) is 3.97. The van der Waals surface area contributed by atoms with Crippen LogP contribution in [0.4, 0.5) is 0 Å². The van der Waals surface area contributed by atoms with E-state index in [0.29, 0.717) is 34.8 Å². The molecule has 120 valence electrons. The second-order valence-electron chi connectivity index (χ2n) is 5.25. The average Bonchev–Trinajstić information content (AvgIpc) is 2.80. The first kappa shape index (κ1) is 15.6. The number of rotatable bonds is 4. The fraction of sp³-hybridized carbons (Fsp3) is 0.250. The van der Waals surface area contributed by atoms with Gasteiger partial charge < -0.3 is 9.30 Å². The number of nitrogens with zero attached hydrogens (tertiary/aromatic N) is 2. The van der Waals surface area contributed by atoms with Crippen molar-refractivity contribution in [3.8, 4) is 11.3 Å². The molecular formula is C16H16ClN3O3. The van der Waals surface area contributed by atoms with Gasteiger partial charge in [-0.2, -0.15) is 0 Å². The summed E-state index contributed by atoms with van der Waals surface area (Å²) < 4.78 is 8.01. The monoisotopic (exact) mass is 333 g/mol. The number of pyridine rings is 1. The first-order valence-corrected chi connectivity index (χ1v) is 7.48. The molecule has 1 N–H and O–H groups in total. The topological polar surface area (TPSA) is 69.0 Å². The molecule has 2 aromatic heterocycles. The van der Waals surface area contributed by atoms with E-state index in [9.17, 15) is 9.59 Å². The van der Waals surface area contributed by atoms with Crippen LogP contribution in [0, 0.1) is 0 Å². The van der Waals surface area contributed by atoms with Crippen LogP contribution in [0.2, 0.25) is 5.02 Å². The number of aromatic nitrogens is 3. The van der Waals surface area contributed by atoms with E-state index in [1.165, 1.54) is 10.7 Å². The van der Waals surface area contributed by atoms with Crippen LogP contribution in [0.3, 0.4) is 0 Å². The van der Waals surface area contributed by atoms with E-state index in [2.05, 4.69) is 5.10 Å². The maximum atomic E-state index is 12.5. The highest BCUT2D eigenvalue weighted by molar-refractivity contribution is 6.30. The van der Waals surface area contributed by atoms with E-state index < -0.39 is 0 Å². The smallest absolute Gasteiger partial charge is 0.276 e. The zero-order chi connectivity index (χ0) is 16.6. The molecule has 2 heterocycles. The highest BCUT2D eigenvalue weighted by atomic mass is 35.5. The van der Waals surface area contributed by atoms with Crippen molar-refractivity contribution in [1.82, 2.24) is 14.3 Å². The highest BCUT2D eigenvalue weighted by Gasteiger charge is 2.17. The SMILES string of the molecule is COCCn1c(-c2ccc(Cl)cc2)c2c(=O)n(C)[nH]c2cc1=O. The predicted octanol–water partition coefficient (Wildman–Crippen LogP) is 2.00. The van der Waals surface area contributed by atoms with E-state index in [-0.39, 0.29) is 11.1 Å². The van der Waals surface area contributed by atoms with Crippen LogP contribution < -0.4 is 11.1 Å². The van der Waals surface area contributed by atoms with E-state index in [1.54, 1.807) is 43.0 Å². The molecule has 23 heavy (non-hydrogen) atoms. The molecule has 0 saturated carbocycles. The predicted molar refractivity (Wildman–Crippen MR) is 90.1 cm³/mol. The maximum absolute atomic E-state index is 12.5. The summed E-state index contributed by atoms with van der Waals surface area (Å²) in [6, 6.07) is 8.50. The summed E-state index contributed by atoms with van der Waals surface area (Å²) in [6.45, 7) is 0.730. The van der Waals surface area contributed by atoms with E-state index >= 15 is 0 Å². The Bertz CT molecular complexity index is 967. The van der Waals surface area contributed by atoms with Gasteiger partial charge in [0.1, 0.15) is 0 Å². The number of nitrogens with one attached hydrogen (secondary N) is 1. The van der Waals surface area contributed by atoms with Gasteiger partial charge in [-0.3, -0.25) is 19.4 Å². The number of hydrogen-bond acceptors (Lipinski definition) is 3. The standard InChI is InChI=1S/C16H16ClN3O3/c1-19-16(22)14-12(18-19)9-13(21)20(7-8-23-2)15(14)10-3-5-11(17)6-4-10/h3-6,9,18H,7-8H2,1-2H3. The van der Waals surface area contributed by atoms with E-state index in [0.717, 1.165) is 5.56 Å². The molecule has 0 aliphatic heterocycles. The molecule has 0 spiro atoms. The van der Waals surface area contributed by atoms with Gasteiger partial charge in [0.2, 0.25) is 0 Å². The number of benzene rings is 1. The van der Waals surface area contributed by atoms with Gasteiger partial charge in [-0.1, -0.05) is 23.7 Å². The summed E-state index contributed by atoms with van der Waals surface area (Å²) in [6.07, 6.45) is 0. The van der Waals surface area contributed by atoms with Gasteiger partial charge in [-0.25, -0.2) is 0 Å². The first-order valence-electron chi connectivity index (χ1n) is 7.10. The summed E-state index contributed by atoms with van der Waals surface area (Å²) in [4.78, 5) is 25.0. The molecule has 3 aromatic rings. The van der Waals surface area contributed by atoms with Crippen molar-refractivity contribution in [2.75, 3.05) is 13.7 Å². The van der Waals surface area contributed by atoms with Crippen LogP contribution in [0.1, 0.15) is 0 Å². The third-order valence-corrected chi connectivity index (χ3v) is 4.01. The minimum absolute atomic E-state index is 0.184. The molecule has 0 aliphatic carbocycles. The maximum Gasteiger partial charge on any atom is 0.276 e. The lowest BCUT2D eigenvalue weighted by Gasteiger charge is -2.13. The molecule has 0 aliphatic rings. The zero-order valence-electron chi connectivity index (χ0n) is 12.8. The van der Waals surface area contributed by atoms with Crippen LogP contribution >= 0.6 is 11.6 Å². The molecule has 0 amide bonds. The molecule has 0 radical (unpaired) electrons. The second-order valence-corrected chi connectivity index (χ2v) is 5.68. The third kappa shape index (κ3) is 2.71. The molecular weight excluding hydrogens is 318 g/mol. The lowest BCUT2D eigenvalue weighted by atomic mass is 10.1. The summed E-state index contributed by atoms with van der Waals surface area (Å²) in [7, 11) is 3.19. The number of halogens is 1. The van der Waals surface area contributed by atoms with Gasteiger partial charge in [0.25, 0.3) is 11.1 Å². The molecule has 3 rings (SSSR count). The summed E-state index contributed by atoms with van der Waals surface area (Å²) in [5.74, 6) is 0. The van der Waals surface area contributed by atoms with Crippen molar-refractivity contribution >= 4 is 22.5 Å². The molecule has 7 heteroatoms. The van der Waals surface area contributed by atoms with Gasteiger partial charge in [0, 0.05) is 31.8 Å². The lowest BCUT2D eigenvalue weighted by Crippen LogP contribution is -2.24. The Morgan fingerprint density at radius 3 is 2.57 bits per heavy atom. The van der Waals surface area contributed by atoms with E-state index in [4.69, 9.17) is 16.3 Å². The van der Waals surface area contributed by atoms with Gasteiger partial charge in [-0.05, 0) is 17.7 Å². The van der Waals surface area contributed by atoms with E-state index in [1.807, 2.05) is 0 Å². The van der Waals surface area contributed by atoms with Crippen LogP contribution in [0.15, 0.2) is 39.9 Å². The van der Waals surface area contributed by atoms with Crippen LogP contribution in [-0.4, -0.2) is 28.1 Å². The molecule has 1 aromatic carbocycles. The van der Waals surface area contributed by atoms with Crippen molar-refractivity contribution < 1.29 is 4.74 Å². The summed E-state index contributed by atoms with van der Waals surface area (Å²) in [5.41, 5.74) is 1.46. The highest BCUT2D eigenvalue weighted by Crippen LogP contribution is 2.25. The Morgan fingerprint density at radius 1 is 1.22 bits per heavy atom. The molecule has 0 unspecified atom stereocenters. The molecule has 6 nitrogen and oxygen atoms in total. The Hall–Kier alpha value is -2.31.